The van der Waals surface area contributed by atoms with Gasteiger partial charge in [-0.3, -0.25) is 10.1 Å². The molecule has 5 nitrogen and oxygen atoms in total. The van der Waals surface area contributed by atoms with Crippen molar-refractivity contribution in [1.82, 2.24) is 0 Å². The number of benzene rings is 2. The standard InChI is InChI=1S/C29H24FNO4S2/c1-17-15-36-16-22(17)29(12-13-29)35-27(34)31-23-14-24(30)37-25(23)20-4-2-18(3-5-20)19-6-8-21(9-7-19)28(10-11-28)26(32)33/h2-9,14-16H,10-13H2,1H3,(H,31,34)(H,32,33). The number of thiophene rings is 2. The predicted octanol–water partition coefficient (Wildman–Crippen LogP) is 7.95. The molecule has 2 saturated carbocycles. The van der Waals surface area contributed by atoms with Gasteiger partial charge >= 0.3 is 12.1 Å². The summed E-state index contributed by atoms with van der Waals surface area (Å²) in [6.45, 7) is 2.01. The predicted molar refractivity (Wildman–Crippen MR) is 144 cm³/mol. The largest absolute Gasteiger partial charge is 0.481 e. The number of hydrogen-bond donors (Lipinski definition) is 2. The normalized spacial score (nSPS) is 16.7. The van der Waals surface area contributed by atoms with E-state index in [1.807, 2.05) is 66.2 Å². The average Bonchev–Trinajstić information content (AvgIpc) is 3.78. The first kappa shape index (κ1) is 23.9. The second-order valence-electron chi connectivity index (χ2n) is 9.81. The monoisotopic (exact) mass is 533 g/mol. The Kier molecular flexibility index (Phi) is 5.69. The van der Waals surface area contributed by atoms with E-state index < -0.39 is 28.2 Å². The minimum atomic E-state index is -0.769. The van der Waals surface area contributed by atoms with Crippen molar-refractivity contribution in [1.29, 1.82) is 0 Å². The molecule has 4 aromatic rings. The molecule has 0 spiro atoms. The zero-order valence-corrected chi connectivity index (χ0v) is 21.7. The molecule has 2 heterocycles. The van der Waals surface area contributed by atoms with Crippen LogP contribution < -0.4 is 5.32 Å². The van der Waals surface area contributed by atoms with Gasteiger partial charge in [0.15, 0.2) is 5.13 Å². The molecule has 0 atom stereocenters. The molecule has 0 saturated heterocycles. The maximum absolute atomic E-state index is 14.3. The van der Waals surface area contributed by atoms with E-state index in [2.05, 4.69) is 5.32 Å². The Labute approximate surface area is 221 Å². The third kappa shape index (κ3) is 4.34. The topological polar surface area (TPSA) is 75.6 Å². The third-order valence-electron chi connectivity index (χ3n) is 7.35. The zero-order chi connectivity index (χ0) is 25.8. The summed E-state index contributed by atoms with van der Waals surface area (Å²) in [6.07, 6.45) is 2.32. The average molecular weight is 534 g/mol. The fourth-order valence-electron chi connectivity index (χ4n) is 4.90. The highest BCUT2D eigenvalue weighted by Gasteiger charge is 2.51. The van der Waals surface area contributed by atoms with Crippen LogP contribution in [0.5, 0.6) is 0 Å². The van der Waals surface area contributed by atoms with E-state index in [-0.39, 0.29) is 0 Å². The summed E-state index contributed by atoms with van der Waals surface area (Å²) in [5.41, 5.74) is 4.77. The first-order valence-electron chi connectivity index (χ1n) is 12.1. The highest BCUT2D eigenvalue weighted by Crippen LogP contribution is 2.51. The summed E-state index contributed by atoms with van der Waals surface area (Å²) >= 11 is 2.56. The van der Waals surface area contributed by atoms with E-state index in [0.717, 1.165) is 57.6 Å². The van der Waals surface area contributed by atoms with Crippen molar-refractivity contribution in [3.63, 3.8) is 0 Å². The minimum absolute atomic E-state index is 0.380. The number of carbonyl (C=O) groups is 2. The van der Waals surface area contributed by atoms with Crippen molar-refractivity contribution in [2.24, 2.45) is 0 Å². The van der Waals surface area contributed by atoms with Crippen LogP contribution in [0.3, 0.4) is 0 Å². The Bertz CT molecular complexity index is 1500. The molecule has 8 heteroatoms. The number of carboxylic acids is 1. The summed E-state index contributed by atoms with van der Waals surface area (Å²) < 4.78 is 20.1. The number of aryl methyl sites for hydroxylation is 1. The van der Waals surface area contributed by atoms with Gasteiger partial charge in [-0.1, -0.05) is 48.5 Å². The lowest BCUT2D eigenvalue weighted by Gasteiger charge is -2.17. The molecule has 2 aliphatic carbocycles. The lowest BCUT2D eigenvalue weighted by Crippen LogP contribution is -2.22. The molecule has 2 aromatic heterocycles. The van der Waals surface area contributed by atoms with Crippen molar-refractivity contribution >= 4 is 40.4 Å². The number of amides is 1. The van der Waals surface area contributed by atoms with Crippen LogP contribution in [0.2, 0.25) is 0 Å². The van der Waals surface area contributed by atoms with Crippen LogP contribution in [0, 0.1) is 12.1 Å². The Balaban J connectivity index is 1.18. The number of aliphatic carboxylic acids is 1. The molecule has 0 bridgehead atoms. The summed E-state index contributed by atoms with van der Waals surface area (Å²) in [5.74, 6) is -0.769. The van der Waals surface area contributed by atoms with Crippen LogP contribution in [0.25, 0.3) is 21.6 Å². The SMILES string of the molecule is Cc1cscc1C1(OC(=O)Nc2cc(F)sc2-c2ccc(-c3ccc(C4(C(=O)O)CC4)cc3)cc2)CC1. The Morgan fingerprint density at radius 1 is 0.946 bits per heavy atom. The number of nitrogens with one attached hydrogen (secondary N) is 1. The van der Waals surface area contributed by atoms with Gasteiger partial charge in [0.2, 0.25) is 0 Å². The lowest BCUT2D eigenvalue weighted by atomic mass is 9.93. The van der Waals surface area contributed by atoms with Crippen LogP contribution in [-0.2, 0) is 20.5 Å². The summed E-state index contributed by atoms with van der Waals surface area (Å²) in [5, 5.41) is 15.9. The van der Waals surface area contributed by atoms with Crippen molar-refractivity contribution in [2.45, 2.75) is 43.6 Å². The molecular formula is C29H24FNO4S2. The number of halogens is 1. The number of ether oxygens (including phenoxy) is 1. The number of carbonyl (C=O) groups excluding carboxylic acids is 1. The second-order valence-corrected chi connectivity index (χ2v) is 11.6. The van der Waals surface area contributed by atoms with Gasteiger partial charge in [-0.25, -0.2) is 4.79 Å². The van der Waals surface area contributed by atoms with Crippen molar-refractivity contribution in [2.75, 3.05) is 5.32 Å². The van der Waals surface area contributed by atoms with Gasteiger partial charge in [-0.05, 0) is 71.2 Å². The first-order chi connectivity index (χ1) is 17.8. The van der Waals surface area contributed by atoms with Gasteiger partial charge in [0.1, 0.15) is 5.60 Å². The minimum Gasteiger partial charge on any atom is -0.481 e. The van der Waals surface area contributed by atoms with Gasteiger partial charge in [0.25, 0.3) is 0 Å². The van der Waals surface area contributed by atoms with E-state index in [4.69, 9.17) is 4.74 Å². The molecule has 37 heavy (non-hydrogen) atoms. The number of carboxylic acid groups (broad SMARTS) is 1. The van der Waals surface area contributed by atoms with Gasteiger partial charge < -0.3 is 9.84 Å². The summed E-state index contributed by atoms with van der Waals surface area (Å²) in [7, 11) is 0. The fourth-order valence-corrected chi connectivity index (χ4v) is 6.68. The zero-order valence-electron chi connectivity index (χ0n) is 20.0. The molecule has 1 amide bonds. The van der Waals surface area contributed by atoms with Crippen molar-refractivity contribution in [3.8, 4) is 21.6 Å². The fraction of sp³-hybridized carbons (Fsp3) is 0.241. The van der Waals surface area contributed by atoms with Crippen LogP contribution in [0.1, 0.15) is 42.4 Å². The molecule has 188 valence electrons. The second kappa shape index (κ2) is 8.82. The van der Waals surface area contributed by atoms with E-state index in [1.54, 1.807) is 11.3 Å². The first-order valence-corrected chi connectivity index (χ1v) is 13.8. The Morgan fingerprint density at radius 3 is 2.11 bits per heavy atom. The van der Waals surface area contributed by atoms with E-state index in [1.165, 1.54) is 6.07 Å². The molecular weight excluding hydrogens is 509 g/mol. The molecule has 0 unspecified atom stereocenters. The van der Waals surface area contributed by atoms with E-state index in [0.29, 0.717) is 23.4 Å². The molecule has 0 radical (unpaired) electrons. The number of anilines is 1. The van der Waals surface area contributed by atoms with Crippen molar-refractivity contribution in [3.05, 3.63) is 87.2 Å². The van der Waals surface area contributed by atoms with Crippen molar-refractivity contribution < 1.29 is 23.8 Å². The molecule has 2 aromatic carbocycles. The highest BCUT2D eigenvalue weighted by atomic mass is 32.1. The quantitative estimate of drug-likeness (QED) is 0.253. The Morgan fingerprint density at radius 2 is 1.57 bits per heavy atom. The Hall–Kier alpha value is -3.49. The number of hydrogen-bond acceptors (Lipinski definition) is 5. The van der Waals surface area contributed by atoms with E-state index >= 15 is 0 Å². The maximum Gasteiger partial charge on any atom is 0.412 e. The van der Waals surface area contributed by atoms with Crippen LogP contribution in [0.15, 0.2) is 65.4 Å². The van der Waals surface area contributed by atoms with Crippen LogP contribution in [-0.4, -0.2) is 17.2 Å². The molecule has 2 aliphatic rings. The molecule has 2 fully saturated rings. The van der Waals surface area contributed by atoms with E-state index in [9.17, 15) is 19.1 Å². The van der Waals surface area contributed by atoms with Gasteiger partial charge in [0.05, 0.1) is 16.0 Å². The smallest absolute Gasteiger partial charge is 0.412 e. The van der Waals surface area contributed by atoms with Crippen LogP contribution >= 0.6 is 22.7 Å². The maximum atomic E-state index is 14.3. The number of rotatable bonds is 7. The third-order valence-corrected chi connectivity index (χ3v) is 9.19. The van der Waals surface area contributed by atoms with Gasteiger partial charge in [-0.2, -0.15) is 15.7 Å². The lowest BCUT2D eigenvalue weighted by molar-refractivity contribution is -0.140. The van der Waals surface area contributed by atoms with Crippen LogP contribution in [0.4, 0.5) is 14.9 Å². The van der Waals surface area contributed by atoms with Gasteiger partial charge in [0, 0.05) is 11.6 Å². The highest BCUT2D eigenvalue weighted by molar-refractivity contribution is 7.14. The molecule has 6 rings (SSSR count). The van der Waals surface area contributed by atoms with Gasteiger partial charge in [-0.15, -0.1) is 11.3 Å². The summed E-state index contributed by atoms with van der Waals surface area (Å²) in [6, 6.07) is 16.6. The molecule has 0 aliphatic heterocycles. The molecule has 2 N–H and O–H groups in total. The summed E-state index contributed by atoms with van der Waals surface area (Å²) in [4.78, 5) is 25.0.